The summed E-state index contributed by atoms with van der Waals surface area (Å²) in [5, 5.41) is 0. The molecule has 0 spiro atoms. The van der Waals surface area contributed by atoms with Gasteiger partial charge in [-0.1, -0.05) is 63.1 Å². The van der Waals surface area contributed by atoms with Crippen LogP contribution >= 0.6 is 0 Å². The predicted octanol–water partition coefficient (Wildman–Crippen LogP) is 5.87. The third-order valence-corrected chi connectivity index (χ3v) is 4.37. The molecule has 0 saturated heterocycles. The average Bonchev–Trinajstić information content (AvgIpc) is 2.62. The summed E-state index contributed by atoms with van der Waals surface area (Å²) in [4.78, 5) is 11.1. The van der Waals surface area contributed by atoms with Gasteiger partial charge in [-0.2, -0.15) is 0 Å². The van der Waals surface area contributed by atoms with Gasteiger partial charge in [-0.25, -0.2) is 4.79 Å². The highest BCUT2D eigenvalue weighted by atomic mass is 16.7. The van der Waals surface area contributed by atoms with Crippen molar-refractivity contribution in [3.8, 4) is 16.9 Å². The second kappa shape index (κ2) is 9.11. The van der Waals surface area contributed by atoms with Gasteiger partial charge >= 0.3 is 6.16 Å². The van der Waals surface area contributed by atoms with E-state index in [1.54, 1.807) is 12.1 Å². The molecule has 0 aromatic heterocycles. The van der Waals surface area contributed by atoms with Crippen LogP contribution in [0.5, 0.6) is 5.75 Å². The Labute approximate surface area is 144 Å². The number of rotatable bonds is 7. The molecule has 2 aromatic rings. The van der Waals surface area contributed by atoms with Crippen molar-refractivity contribution in [2.24, 2.45) is 5.92 Å². The number of methoxy groups -OCH3 is 1. The molecule has 0 amide bonds. The zero-order valence-electron chi connectivity index (χ0n) is 14.7. The van der Waals surface area contributed by atoms with E-state index in [1.165, 1.54) is 31.9 Å². The van der Waals surface area contributed by atoms with E-state index in [9.17, 15) is 4.79 Å². The average molecular weight is 326 g/mol. The summed E-state index contributed by atoms with van der Waals surface area (Å²) >= 11 is 0. The maximum absolute atomic E-state index is 11.1. The van der Waals surface area contributed by atoms with Crippen molar-refractivity contribution in [2.45, 2.75) is 39.5 Å². The third-order valence-electron chi connectivity index (χ3n) is 4.37. The lowest BCUT2D eigenvalue weighted by Gasteiger charge is -2.09. The molecule has 1 atom stereocenters. The van der Waals surface area contributed by atoms with Crippen LogP contribution in [0.4, 0.5) is 4.79 Å². The Balaban J connectivity index is 1.94. The largest absolute Gasteiger partial charge is 0.513 e. The lowest BCUT2D eigenvalue weighted by atomic mass is 9.98. The van der Waals surface area contributed by atoms with Gasteiger partial charge in [-0.15, -0.1) is 0 Å². The molecule has 0 bridgehead atoms. The maximum atomic E-state index is 11.1. The Morgan fingerprint density at radius 3 is 2.12 bits per heavy atom. The number of carbonyl (C=O) groups excluding carboxylic acids is 1. The van der Waals surface area contributed by atoms with E-state index in [0.29, 0.717) is 5.75 Å². The van der Waals surface area contributed by atoms with Gasteiger partial charge in [0, 0.05) is 0 Å². The fourth-order valence-electron chi connectivity index (χ4n) is 2.58. The fourth-order valence-corrected chi connectivity index (χ4v) is 2.58. The van der Waals surface area contributed by atoms with Crippen molar-refractivity contribution in [2.75, 3.05) is 7.11 Å². The lowest BCUT2D eigenvalue weighted by Crippen LogP contribution is -2.06. The number of aryl methyl sites for hydroxylation is 1. The molecule has 24 heavy (non-hydrogen) atoms. The topological polar surface area (TPSA) is 35.5 Å². The highest BCUT2D eigenvalue weighted by Gasteiger charge is 2.04. The minimum atomic E-state index is -0.704. The molecule has 0 aliphatic carbocycles. The van der Waals surface area contributed by atoms with Gasteiger partial charge in [-0.05, 0) is 47.6 Å². The molecular formula is C21H26O3. The van der Waals surface area contributed by atoms with Crippen molar-refractivity contribution < 1.29 is 14.3 Å². The standard InChI is InChI=1S/C21H26O3/c1-4-16(2)6-5-7-17-8-10-18(11-9-17)19-12-14-20(15-13-19)24-21(22)23-3/h8-16H,4-7H2,1-3H3. The predicted molar refractivity (Wildman–Crippen MR) is 97.3 cm³/mol. The quantitative estimate of drug-likeness (QED) is 0.471. The van der Waals surface area contributed by atoms with Gasteiger partial charge in [0.1, 0.15) is 5.75 Å². The molecule has 2 aromatic carbocycles. The Hall–Kier alpha value is -2.29. The number of hydrogen-bond acceptors (Lipinski definition) is 3. The number of hydrogen-bond donors (Lipinski definition) is 0. The van der Waals surface area contributed by atoms with E-state index in [4.69, 9.17) is 4.74 Å². The van der Waals surface area contributed by atoms with Crippen LogP contribution in [0, 0.1) is 5.92 Å². The van der Waals surface area contributed by atoms with Crippen molar-refractivity contribution >= 4 is 6.16 Å². The number of ether oxygens (including phenoxy) is 2. The van der Waals surface area contributed by atoms with Crippen molar-refractivity contribution in [3.63, 3.8) is 0 Å². The maximum Gasteiger partial charge on any atom is 0.513 e. The molecule has 3 heteroatoms. The minimum Gasteiger partial charge on any atom is -0.437 e. The van der Waals surface area contributed by atoms with E-state index in [0.717, 1.165) is 23.5 Å². The Bertz CT molecular complexity index is 629. The third kappa shape index (κ3) is 5.41. The summed E-state index contributed by atoms with van der Waals surface area (Å²) in [6.45, 7) is 4.57. The highest BCUT2D eigenvalue weighted by Crippen LogP contribution is 2.23. The van der Waals surface area contributed by atoms with Gasteiger partial charge in [0.05, 0.1) is 7.11 Å². The first-order chi connectivity index (χ1) is 11.6. The van der Waals surface area contributed by atoms with E-state index in [1.807, 2.05) is 12.1 Å². The second-order valence-corrected chi connectivity index (χ2v) is 6.18. The van der Waals surface area contributed by atoms with Gasteiger partial charge in [0.2, 0.25) is 0 Å². The van der Waals surface area contributed by atoms with E-state index in [2.05, 4.69) is 42.8 Å². The van der Waals surface area contributed by atoms with E-state index in [-0.39, 0.29) is 0 Å². The number of carbonyl (C=O) groups is 1. The molecule has 0 heterocycles. The molecule has 128 valence electrons. The summed E-state index contributed by atoms with van der Waals surface area (Å²) in [7, 11) is 1.29. The first-order valence-electron chi connectivity index (χ1n) is 8.57. The molecule has 0 aliphatic rings. The van der Waals surface area contributed by atoms with Crippen LogP contribution in [0.15, 0.2) is 48.5 Å². The smallest absolute Gasteiger partial charge is 0.437 e. The van der Waals surface area contributed by atoms with Gasteiger partial charge in [0.25, 0.3) is 0 Å². The van der Waals surface area contributed by atoms with Crippen LogP contribution < -0.4 is 4.74 Å². The first kappa shape index (κ1) is 18.1. The zero-order chi connectivity index (χ0) is 17.4. The fraction of sp³-hybridized carbons (Fsp3) is 0.381. The molecule has 0 aliphatic heterocycles. The van der Waals surface area contributed by atoms with Gasteiger partial charge in [0.15, 0.2) is 0 Å². The molecule has 0 N–H and O–H groups in total. The minimum absolute atomic E-state index is 0.479. The first-order valence-corrected chi connectivity index (χ1v) is 8.57. The summed E-state index contributed by atoms with van der Waals surface area (Å²) < 4.78 is 9.46. The Morgan fingerprint density at radius 1 is 1.00 bits per heavy atom. The molecular weight excluding hydrogens is 300 g/mol. The highest BCUT2D eigenvalue weighted by molar-refractivity contribution is 5.67. The van der Waals surface area contributed by atoms with Gasteiger partial charge in [-0.3, -0.25) is 0 Å². The molecule has 2 rings (SSSR count). The van der Waals surface area contributed by atoms with Crippen molar-refractivity contribution in [1.82, 2.24) is 0 Å². The molecule has 3 nitrogen and oxygen atoms in total. The van der Waals surface area contributed by atoms with Crippen LogP contribution in [0.2, 0.25) is 0 Å². The van der Waals surface area contributed by atoms with Crippen molar-refractivity contribution in [3.05, 3.63) is 54.1 Å². The summed E-state index contributed by atoms with van der Waals surface area (Å²) in [6, 6.07) is 16.1. The Morgan fingerprint density at radius 2 is 1.58 bits per heavy atom. The van der Waals surface area contributed by atoms with Crippen molar-refractivity contribution in [1.29, 1.82) is 0 Å². The monoisotopic (exact) mass is 326 g/mol. The van der Waals surface area contributed by atoms with Gasteiger partial charge < -0.3 is 9.47 Å². The van der Waals surface area contributed by atoms with Crippen LogP contribution in [0.3, 0.4) is 0 Å². The molecule has 0 fully saturated rings. The zero-order valence-corrected chi connectivity index (χ0v) is 14.7. The number of benzene rings is 2. The van der Waals surface area contributed by atoms with E-state index >= 15 is 0 Å². The summed E-state index contributed by atoms with van der Waals surface area (Å²) in [5.41, 5.74) is 3.64. The normalized spacial score (nSPS) is 11.8. The van der Waals surface area contributed by atoms with Crippen LogP contribution in [0.1, 0.15) is 38.7 Å². The van der Waals surface area contributed by atoms with E-state index < -0.39 is 6.16 Å². The summed E-state index contributed by atoms with van der Waals surface area (Å²) in [5.74, 6) is 1.29. The molecule has 1 unspecified atom stereocenters. The Kier molecular flexibility index (Phi) is 6.86. The summed E-state index contributed by atoms with van der Waals surface area (Å²) in [6.07, 6.45) is 4.23. The molecule has 0 radical (unpaired) electrons. The lowest BCUT2D eigenvalue weighted by molar-refractivity contribution is 0.121. The second-order valence-electron chi connectivity index (χ2n) is 6.18. The van der Waals surface area contributed by atoms with Crippen LogP contribution in [0.25, 0.3) is 11.1 Å². The van der Waals surface area contributed by atoms with Crippen LogP contribution in [-0.2, 0) is 11.2 Å². The SMILES string of the molecule is CCC(C)CCCc1ccc(-c2ccc(OC(=O)OC)cc2)cc1. The van der Waals surface area contributed by atoms with Crippen LogP contribution in [-0.4, -0.2) is 13.3 Å². The molecule has 0 saturated carbocycles.